The Labute approximate surface area is 153 Å². The zero-order valence-electron chi connectivity index (χ0n) is 15.1. The molecule has 2 rings (SSSR count). The molecule has 0 N–H and O–H groups in total. The number of esters is 1. The van der Waals surface area contributed by atoms with Gasteiger partial charge in [-0.05, 0) is 49.9 Å². The summed E-state index contributed by atoms with van der Waals surface area (Å²) in [5.74, 6) is -0.162. The third kappa shape index (κ3) is 6.31. The van der Waals surface area contributed by atoms with Crippen molar-refractivity contribution >= 4 is 5.97 Å². The van der Waals surface area contributed by atoms with Gasteiger partial charge in [0, 0.05) is 41.7 Å². The van der Waals surface area contributed by atoms with Crippen molar-refractivity contribution in [3.8, 4) is 0 Å². The third-order valence-electron chi connectivity index (χ3n) is 4.14. The van der Waals surface area contributed by atoms with E-state index >= 15 is 0 Å². The minimum Gasteiger partial charge on any atom is -0.466 e. The Kier molecular flexibility index (Phi) is 7.79. The molecule has 0 aromatic carbocycles. The first-order valence-electron chi connectivity index (χ1n) is 8.93. The molecule has 2 heterocycles. The highest BCUT2D eigenvalue weighted by Crippen LogP contribution is 2.16. The minimum absolute atomic E-state index is 0.0840. The summed E-state index contributed by atoms with van der Waals surface area (Å²) in [6.45, 7) is 2.77. The number of unbranched alkanes of at least 4 members (excludes halogenated alkanes) is 1. The Hall–Kier alpha value is -2.70. The number of rotatable bonds is 11. The number of aromatic nitrogens is 2. The van der Waals surface area contributed by atoms with Crippen LogP contribution in [0.4, 0.5) is 0 Å². The van der Waals surface area contributed by atoms with Crippen LogP contribution in [0.25, 0.3) is 0 Å². The van der Waals surface area contributed by atoms with E-state index in [-0.39, 0.29) is 17.4 Å². The number of hydrogen-bond acceptors (Lipinski definition) is 5. The van der Waals surface area contributed by atoms with E-state index in [2.05, 4.69) is 9.55 Å². The summed E-state index contributed by atoms with van der Waals surface area (Å²) in [5.41, 5.74) is 3.13. The second-order valence-corrected chi connectivity index (χ2v) is 6.08. The van der Waals surface area contributed by atoms with Crippen LogP contribution < -0.4 is 0 Å². The van der Waals surface area contributed by atoms with E-state index in [4.69, 9.17) is 4.74 Å². The van der Waals surface area contributed by atoms with Gasteiger partial charge in [0.05, 0.1) is 13.0 Å². The van der Waals surface area contributed by atoms with Gasteiger partial charge in [-0.1, -0.05) is 6.07 Å². The van der Waals surface area contributed by atoms with Crippen molar-refractivity contribution in [1.82, 2.24) is 9.55 Å². The highest BCUT2D eigenvalue weighted by molar-refractivity contribution is 5.69. The number of carbonyl (C=O) groups excluding carboxylic acids is 1. The lowest BCUT2D eigenvalue weighted by molar-refractivity contribution is -0.479. The fourth-order valence-electron chi connectivity index (χ4n) is 2.89. The average molecular weight is 359 g/mol. The molecule has 0 saturated heterocycles. The number of aryl methyl sites for hydroxylation is 1. The second-order valence-electron chi connectivity index (χ2n) is 6.08. The van der Waals surface area contributed by atoms with Crippen LogP contribution in [0, 0.1) is 10.1 Å². The van der Waals surface area contributed by atoms with Gasteiger partial charge >= 0.3 is 5.97 Å². The van der Waals surface area contributed by atoms with Crippen LogP contribution in [0.3, 0.4) is 0 Å². The standard InChI is InChI=1S/C19H25N3O4/c1-2-26-19(23)8-4-3-7-17-9-10-18(11-13-22(24)25)21(17)15-16-6-5-12-20-14-16/h5-6,9-10,12,14H,2-4,7-8,11,13,15H2,1H3. The maximum Gasteiger partial charge on any atom is 0.305 e. The largest absolute Gasteiger partial charge is 0.466 e. The first kappa shape index (κ1) is 19.6. The van der Waals surface area contributed by atoms with Crippen molar-refractivity contribution in [3.63, 3.8) is 0 Å². The third-order valence-corrected chi connectivity index (χ3v) is 4.14. The summed E-state index contributed by atoms with van der Waals surface area (Å²) >= 11 is 0. The SMILES string of the molecule is CCOC(=O)CCCCc1ccc(CC[N+](=O)[O-])n1Cc1cccnc1. The zero-order chi connectivity index (χ0) is 18.8. The number of hydrogen-bond donors (Lipinski definition) is 0. The predicted octanol–water partition coefficient (Wildman–Crippen LogP) is 3.03. The number of carbonyl (C=O) groups is 1. The summed E-state index contributed by atoms with van der Waals surface area (Å²) in [5, 5.41) is 10.7. The molecule has 2 aromatic heterocycles. The van der Waals surface area contributed by atoms with Gasteiger partial charge in [-0.15, -0.1) is 0 Å². The van der Waals surface area contributed by atoms with E-state index in [1.165, 1.54) is 0 Å². The second kappa shape index (κ2) is 10.3. The molecule has 0 aliphatic rings. The molecule has 0 bridgehead atoms. The molecule has 0 unspecified atom stereocenters. The van der Waals surface area contributed by atoms with Crippen LogP contribution in [0.5, 0.6) is 0 Å². The lowest BCUT2D eigenvalue weighted by atomic mass is 10.1. The van der Waals surface area contributed by atoms with Crippen LogP contribution >= 0.6 is 0 Å². The molecule has 0 aliphatic carbocycles. The minimum atomic E-state index is -0.291. The van der Waals surface area contributed by atoms with Crippen LogP contribution in [0.15, 0.2) is 36.7 Å². The van der Waals surface area contributed by atoms with E-state index in [0.717, 1.165) is 36.2 Å². The Morgan fingerprint density at radius 2 is 2.00 bits per heavy atom. The number of nitro groups is 1. The van der Waals surface area contributed by atoms with Crippen LogP contribution in [0.1, 0.15) is 43.1 Å². The zero-order valence-corrected chi connectivity index (χ0v) is 15.1. The van der Waals surface area contributed by atoms with Gasteiger partial charge in [0.1, 0.15) is 0 Å². The first-order chi connectivity index (χ1) is 12.6. The predicted molar refractivity (Wildman–Crippen MR) is 97.5 cm³/mol. The molecule has 26 heavy (non-hydrogen) atoms. The molecule has 7 nitrogen and oxygen atoms in total. The van der Waals surface area contributed by atoms with Gasteiger partial charge in [-0.25, -0.2) is 0 Å². The fourth-order valence-corrected chi connectivity index (χ4v) is 2.89. The number of ether oxygens (including phenoxy) is 1. The molecule has 0 radical (unpaired) electrons. The summed E-state index contributed by atoms with van der Waals surface area (Å²) in [6, 6.07) is 7.86. The maximum absolute atomic E-state index is 11.4. The van der Waals surface area contributed by atoms with Crippen molar-refractivity contribution in [2.75, 3.05) is 13.2 Å². The molecule has 0 fully saturated rings. The van der Waals surface area contributed by atoms with Gasteiger partial charge in [0.15, 0.2) is 0 Å². The van der Waals surface area contributed by atoms with Crippen molar-refractivity contribution in [2.24, 2.45) is 0 Å². The topological polar surface area (TPSA) is 87.3 Å². The highest BCUT2D eigenvalue weighted by atomic mass is 16.6. The molecule has 0 atom stereocenters. The van der Waals surface area contributed by atoms with Crippen LogP contribution in [0.2, 0.25) is 0 Å². The van der Waals surface area contributed by atoms with Crippen molar-refractivity contribution < 1.29 is 14.5 Å². The van der Waals surface area contributed by atoms with Crippen molar-refractivity contribution in [3.05, 3.63) is 63.7 Å². The molecule has 2 aromatic rings. The van der Waals surface area contributed by atoms with Gasteiger partial charge in [-0.3, -0.25) is 19.9 Å². The Balaban J connectivity index is 2.02. The molecule has 0 saturated carbocycles. The van der Waals surface area contributed by atoms with Crippen LogP contribution in [-0.2, 0) is 28.9 Å². The molecule has 0 aliphatic heterocycles. The maximum atomic E-state index is 11.4. The summed E-state index contributed by atoms with van der Waals surface area (Å²) in [7, 11) is 0. The van der Waals surface area contributed by atoms with Gasteiger partial charge < -0.3 is 9.30 Å². The average Bonchev–Trinajstić information content (AvgIpc) is 3.00. The molecule has 140 valence electrons. The highest BCUT2D eigenvalue weighted by Gasteiger charge is 2.12. The molecule has 7 heteroatoms. The van der Waals surface area contributed by atoms with Crippen LogP contribution in [-0.4, -0.2) is 33.6 Å². The molecule has 0 amide bonds. The van der Waals surface area contributed by atoms with E-state index in [9.17, 15) is 14.9 Å². The number of nitrogens with zero attached hydrogens (tertiary/aromatic N) is 3. The Bertz CT molecular complexity index is 713. The summed E-state index contributed by atoms with van der Waals surface area (Å²) in [6.07, 6.45) is 6.80. The Morgan fingerprint density at radius 1 is 1.23 bits per heavy atom. The van der Waals surface area contributed by atoms with Crippen molar-refractivity contribution in [2.45, 2.75) is 45.6 Å². The molecule has 0 spiro atoms. The Morgan fingerprint density at radius 3 is 2.65 bits per heavy atom. The monoisotopic (exact) mass is 359 g/mol. The summed E-state index contributed by atoms with van der Waals surface area (Å²) < 4.78 is 7.07. The lowest BCUT2D eigenvalue weighted by Crippen LogP contribution is -2.12. The van der Waals surface area contributed by atoms with Crippen molar-refractivity contribution in [1.29, 1.82) is 0 Å². The summed E-state index contributed by atoms with van der Waals surface area (Å²) in [4.78, 5) is 26.0. The first-order valence-corrected chi connectivity index (χ1v) is 8.93. The van der Waals surface area contributed by atoms with Gasteiger partial charge in [0.2, 0.25) is 6.54 Å². The quantitative estimate of drug-likeness (QED) is 0.266. The number of pyridine rings is 1. The van der Waals surface area contributed by atoms with Gasteiger partial charge in [0.25, 0.3) is 0 Å². The fraction of sp³-hybridized carbons (Fsp3) is 0.474. The van der Waals surface area contributed by atoms with E-state index in [1.807, 2.05) is 30.5 Å². The normalized spacial score (nSPS) is 10.7. The van der Waals surface area contributed by atoms with Gasteiger partial charge in [-0.2, -0.15) is 0 Å². The molecular formula is C19H25N3O4. The van der Waals surface area contributed by atoms with E-state index in [0.29, 0.717) is 26.0 Å². The van der Waals surface area contributed by atoms with E-state index < -0.39 is 0 Å². The lowest BCUT2D eigenvalue weighted by Gasteiger charge is -2.13. The molecular weight excluding hydrogens is 334 g/mol. The smallest absolute Gasteiger partial charge is 0.305 e. The van der Waals surface area contributed by atoms with E-state index in [1.54, 1.807) is 13.1 Å².